The first-order valence-corrected chi connectivity index (χ1v) is 14.5. The highest BCUT2D eigenvalue weighted by Gasteiger charge is 2.29. The normalized spacial score (nSPS) is 12.7. The molecule has 1 amide bonds. The number of sulfone groups is 1. The van der Waals surface area contributed by atoms with Crippen LogP contribution in [0.3, 0.4) is 0 Å². The van der Waals surface area contributed by atoms with Gasteiger partial charge in [-0.3, -0.25) is 4.79 Å². The number of carbonyl (C=O) groups is 2. The molecule has 39 heavy (non-hydrogen) atoms. The van der Waals surface area contributed by atoms with Gasteiger partial charge >= 0.3 is 5.97 Å². The summed E-state index contributed by atoms with van der Waals surface area (Å²) in [4.78, 5) is 24.3. The molecule has 10 heteroatoms. The number of carbonyl (C=O) groups excluding carboxylic acids is 1. The molecule has 210 valence electrons. The van der Waals surface area contributed by atoms with Gasteiger partial charge in [-0.05, 0) is 48.6 Å². The van der Waals surface area contributed by atoms with Crippen LogP contribution >= 0.6 is 0 Å². The van der Waals surface area contributed by atoms with Crippen molar-refractivity contribution in [1.82, 2.24) is 5.32 Å². The molecule has 0 aliphatic carbocycles. The maximum absolute atomic E-state index is 13.0. The van der Waals surface area contributed by atoms with E-state index in [0.29, 0.717) is 30.2 Å². The molecule has 0 heterocycles. The zero-order valence-corrected chi connectivity index (χ0v) is 23.5. The lowest BCUT2D eigenvalue weighted by Crippen LogP contribution is -2.37. The lowest BCUT2D eigenvalue weighted by Gasteiger charge is -2.22. The van der Waals surface area contributed by atoms with Crippen molar-refractivity contribution >= 4 is 38.2 Å². The fourth-order valence-corrected chi connectivity index (χ4v) is 4.97. The van der Waals surface area contributed by atoms with Gasteiger partial charge in [0.25, 0.3) is 0 Å². The van der Waals surface area contributed by atoms with Crippen LogP contribution < -0.4 is 15.4 Å². The maximum atomic E-state index is 13.0. The summed E-state index contributed by atoms with van der Waals surface area (Å²) in [5.74, 6) is -0.799. The Bertz CT molecular complexity index is 1400. The number of hydrogen-bond donors (Lipinski definition) is 3. The van der Waals surface area contributed by atoms with Gasteiger partial charge in [0.1, 0.15) is 5.75 Å². The molecule has 0 aliphatic rings. The molecule has 1 atom stereocenters. The summed E-state index contributed by atoms with van der Waals surface area (Å²) in [7, 11) is -1.64. The number of fused-ring (bicyclic) bond motifs is 1. The van der Waals surface area contributed by atoms with Crippen molar-refractivity contribution in [1.29, 1.82) is 0 Å². The van der Waals surface area contributed by atoms with E-state index in [1.54, 1.807) is 50.4 Å². The fraction of sp³-hybridized carbons (Fsp3) is 0.379. The first kappa shape index (κ1) is 30.1. The molecule has 0 saturated carbocycles. The SMILES string of the molecule is CCS(=O)(=O)Cc1cccc2c(NC(=O)CC(COC)NCc3ccc(OC(C)(C)C(=O)O)cc3)cccc12. The van der Waals surface area contributed by atoms with Crippen LogP contribution in [-0.2, 0) is 36.5 Å². The fourth-order valence-electron chi connectivity index (χ4n) is 4.04. The summed E-state index contributed by atoms with van der Waals surface area (Å²) in [6, 6.07) is 17.7. The first-order chi connectivity index (χ1) is 18.4. The largest absolute Gasteiger partial charge is 0.478 e. The predicted octanol–water partition coefficient (Wildman–Crippen LogP) is 4.15. The van der Waals surface area contributed by atoms with E-state index >= 15 is 0 Å². The lowest BCUT2D eigenvalue weighted by atomic mass is 10.0. The molecule has 3 N–H and O–H groups in total. The van der Waals surface area contributed by atoms with Crippen molar-refractivity contribution in [2.45, 2.75) is 51.1 Å². The van der Waals surface area contributed by atoms with Crippen LogP contribution in [0.25, 0.3) is 10.8 Å². The van der Waals surface area contributed by atoms with E-state index < -0.39 is 21.4 Å². The number of carboxylic acids is 1. The van der Waals surface area contributed by atoms with Crippen LogP contribution in [0.1, 0.15) is 38.3 Å². The smallest absolute Gasteiger partial charge is 0.347 e. The predicted molar refractivity (Wildman–Crippen MR) is 152 cm³/mol. The van der Waals surface area contributed by atoms with Gasteiger partial charge in [-0.25, -0.2) is 13.2 Å². The van der Waals surface area contributed by atoms with E-state index in [1.807, 2.05) is 24.3 Å². The van der Waals surface area contributed by atoms with Gasteiger partial charge in [0, 0.05) is 42.9 Å². The number of benzene rings is 3. The number of methoxy groups -OCH3 is 1. The Hall–Kier alpha value is -3.47. The molecule has 0 bridgehead atoms. The maximum Gasteiger partial charge on any atom is 0.347 e. The van der Waals surface area contributed by atoms with Crippen molar-refractivity contribution in [3.63, 3.8) is 0 Å². The van der Waals surface area contributed by atoms with Crippen LogP contribution in [0.5, 0.6) is 5.75 Å². The number of anilines is 1. The van der Waals surface area contributed by atoms with Gasteiger partial charge in [0.2, 0.25) is 5.91 Å². The van der Waals surface area contributed by atoms with Crippen LogP contribution in [0, 0.1) is 0 Å². The third kappa shape index (κ3) is 8.51. The number of aliphatic carboxylic acids is 1. The molecule has 1 unspecified atom stereocenters. The zero-order chi connectivity index (χ0) is 28.6. The Morgan fingerprint density at radius 3 is 2.31 bits per heavy atom. The highest BCUT2D eigenvalue weighted by Crippen LogP contribution is 2.28. The van der Waals surface area contributed by atoms with Gasteiger partial charge in [-0.15, -0.1) is 0 Å². The Kier molecular flexibility index (Phi) is 10.1. The Morgan fingerprint density at radius 1 is 1.00 bits per heavy atom. The van der Waals surface area contributed by atoms with E-state index in [1.165, 1.54) is 13.8 Å². The van der Waals surface area contributed by atoms with E-state index in [2.05, 4.69) is 10.6 Å². The standard InChI is InChI=1S/C29H36N2O7S/c1-5-39(35,36)19-21-8-6-10-25-24(21)9-7-11-26(25)31-27(32)16-22(18-37-4)30-17-20-12-14-23(15-13-20)38-29(2,3)28(33)34/h6-15,22,30H,5,16-19H2,1-4H3,(H,31,32)(H,33,34). The molecule has 0 aromatic heterocycles. The molecular weight excluding hydrogens is 520 g/mol. The Morgan fingerprint density at radius 2 is 1.67 bits per heavy atom. The minimum Gasteiger partial charge on any atom is -0.478 e. The highest BCUT2D eigenvalue weighted by molar-refractivity contribution is 7.90. The first-order valence-electron chi connectivity index (χ1n) is 12.7. The molecule has 3 rings (SSSR count). The minimum atomic E-state index is -3.21. The molecule has 0 saturated heterocycles. The number of amides is 1. The summed E-state index contributed by atoms with van der Waals surface area (Å²) in [6.45, 7) is 5.38. The molecule has 0 spiro atoms. The number of ether oxygens (including phenoxy) is 2. The third-order valence-corrected chi connectivity index (χ3v) is 7.94. The van der Waals surface area contributed by atoms with Crippen molar-refractivity contribution in [2.24, 2.45) is 0 Å². The van der Waals surface area contributed by atoms with E-state index in [0.717, 1.165) is 16.3 Å². The van der Waals surface area contributed by atoms with Crippen LogP contribution in [0.15, 0.2) is 60.7 Å². The van der Waals surface area contributed by atoms with Crippen molar-refractivity contribution in [3.05, 3.63) is 71.8 Å². The average molecular weight is 557 g/mol. The number of nitrogens with one attached hydrogen (secondary N) is 2. The van der Waals surface area contributed by atoms with Crippen LogP contribution in [0.4, 0.5) is 5.69 Å². The van der Waals surface area contributed by atoms with E-state index in [-0.39, 0.29) is 29.9 Å². The van der Waals surface area contributed by atoms with Crippen molar-refractivity contribution in [3.8, 4) is 5.75 Å². The summed E-state index contributed by atoms with van der Waals surface area (Å²) >= 11 is 0. The molecule has 9 nitrogen and oxygen atoms in total. The molecule has 3 aromatic carbocycles. The second-order valence-electron chi connectivity index (χ2n) is 9.84. The number of hydrogen-bond acceptors (Lipinski definition) is 7. The van der Waals surface area contributed by atoms with Crippen molar-refractivity contribution in [2.75, 3.05) is 24.8 Å². The Balaban J connectivity index is 1.65. The monoisotopic (exact) mass is 556 g/mol. The van der Waals surface area contributed by atoms with Gasteiger partial charge in [-0.1, -0.05) is 49.4 Å². The summed E-state index contributed by atoms with van der Waals surface area (Å²) in [5.41, 5.74) is 0.910. The topological polar surface area (TPSA) is 131 Å². The van der Waals surface area contributed by atoms with Crippen molar-refractivity contribution < 1.29 is 32.6 Å². The molecule has 0 fully saturated rings. The van der Waals surface area contributed by atoms with Gasteiger partial charge in [-0.2, -0.15) is 0 Å². The number of rotatable bonds is 14. The highest BCUT2D eigenvalue weighted by atomic mass is 32.2. The molecule has 0 aliphatic heterocycles. The lowest BCUT2D eigenvalue weighted by molar-refractivity contribution is -0.152. The van der Waals surface area contributed by atoms with Gasteiger partial charge in [0.05, 0.1) is 12.4 Å². The second kappa shape index (κ2) is 13.1. The van der Waals surface area contributed by atoms with E-state index in [4.69, 9.17) is 9.47 Å². The summed E-state index contributed by atoms with van der Waals surface area (Å²) < 4.78 is 35.2. The molecule has 0 radical (unpaired) electrons. The molecule has 3 aromatic rings. The summed E-state index contributed by atoms with van der Waals surface area (Å²) in [5, 5.41) is 17.1. The van der Waals surface area contributed by atoms with Gasteiger partial charge < -0.3 is 25.2 Å². The minimum absolute atomic E-state index is 0.0531. The number of carboxylic acid groups (broad SMARTS) is 1. The summed E-state index contributed by atoms with van der Waals surface area (Å²) in [6.07, 6.45) is 0.155. The van der Waals surface area contributed by atoms with Crippen LogP contribution in [-0.4, -0.2) is 56.5 Å². The average Bonchev–Trinajstić information content (AvgIpc) is 2.88. The van der Waals surface area contributed by atoms with E-state index in [9.17, 15) is 23.1 Å². The van der Waals surface area contributed by atoms with Gasteiger partial charge in [0.15, 0.2) is 15.4 Å². The Labute approximate surface area is 229 Å². The zero-order valence-electron chi connectivity index (χ0n) is 22.7. The van der Waals surface area contributed by atoms with Crippen LogP contribution in [0.2, 0.25) is 0 Å². The molecular formula is C29H36N2O7S. The quantitative estimate of drug-likeness (QED) is 0.270. The third-order valence-electron chi connectivity index (χ3n) is 6.31. The second-order valence-corrected chi connectivity index (χ2v) is 12.2.